The summed E-state index contributed by atoms with van der Waals surface area (Å²) in [5.41, 5.74) is 3.86. The molecule has 15 nitrogen and oxygen atoms in total. The molecule has 4 heterocycles. The van der Waals surface area contributed by atoms with Gasteiger partial charge in [0.1, 0.15) is 23.7 Å². The highest BCUT2D eigenvalue weighted by molar-refractivity contribution is 5.98. The summed E-state index contributed by atoms with van der Waals surface area (Å²) in [5, 5.41) is 12.5. The fourth-order valence-corrected chi connectivity index (χ4v) is 6.68. The van der Waals surface area contributed by atoms with Crippen molar-refractivity contribution in [2.45, 2.75) is 71.5 Å². The van der Waals surface area contributed by atoms with E-state index in [9.17, 15) is 24.0 Å². The van der Waals surface area contributed by atoms with Crippen LogP contribution in [0.15, 0.2) is 59.5 Å². The standard InChI is InChI=1S/C38H45N9O6/c1-4-27-37(51)45-30(18-25-20-41-28-11-7-6-10-26(25)28)36(50)40-15-9-17-47-23(3)43-29-13-12-24(19-31(29)47)35(49)39-14-8-16-46(21-33(48)44-27)38(52)34-32(5-2)53-22-42-34/h6-7,10-13,19-20,22,27,30,41H,4-5,8-9,14-18,21H2,1-3H3,(H,39,49)(H,40,50)(H,44,48)(H,45,51)/t27-,30+/m0/s1. The van der Waals surface area contributed by atoms with Gasteiger partial charge in [-0.2, -0.15) is 0 Å². The smallest absolute Gasteiger partial charge is 0.276 e. The Morgan fingerprint density at radius 2 is 1.74 bits per heavy atom. The average molecular weight is 724 g/mol. The molecule has 0 saturated heterocycles. The minimum Gasteiger partial charge on any atom is -0.448 e. The van der Waals surface area contributed by atoms with Crippen molar-refractivity contribution in [2.75, 3.05) is 26.2 Å². The maximum Gasteiger partial charge on any atom is 0.276 e. The van der Waals surface area contributed by atoms with Crippen molar-refractivity contribution in [2.24, 2.45) is 0 Å². The van der Waals surface area contributed by atoms with Crippen molar-refractivity contribution < 1.29 is 28.4 Å². The second-order valence-electron chi connectivity index (χ2n) is 13.1. The Labute approximate surface area is 306 Å². The molecule has 0 spiro atoms. The van der Waals surface area contributed by atoms with Gasteiger partial charge >= 0.3 is 0 Å². The molecule has 5 amide bonds. The number of hydrogen-bond donors (Lipinski definition) is 5. The number of para-hydroxylation sites is 1. The fourth-order valence-electron chi connectivity index (χ4n) is 6.68. The molecule has 1 aliphatic heterocycles. The molecule has 2 atom stereocenters. The Bertz CT molecular complexity index is 2130. The van der Waals surface area contributed by atoms with E-state index in [4.69, 9.17) is 4.42 Å². The molecule has 53 heavy (non-hydrogen) atoms. The number of carbonyl (C=O) groups is 5. The second kappa shape index (κ2) is 16.6. The van der Waals surface area contributed by atoms with Crippen LogP contribution in [0.3, 0.4) is 0 Å². The molecule has 0 aliphatic carbocycles. The van der Waals surface area contributed by atoms with Crippen LogP contribution in [-0.2, 0) is 33.8 Å². The Morgan fingerprint density at radius 3 is 2.55 bits per heavy atom. The van der Waals surface area contributed by atoms with E-state index in [0.717, 1.165) is 33.3 Å². The highest BCUT2D eigenvalue weighted by atomic mass is 16.3. The lowest BCUT2D eigenvalue weighted by Crippen LogP contribution is -2.55. The van der Waals surface area contributed by atoms with Crippen LogP contribution >= 0.6 is 0 Å². The highest BCUT2D eigenvalue weighted by Crippen LogP contribution is 2.21. The second-order valence-corrected chi connectivity index (χ2v) is 13.1. The first-order valence-electron chi connectivity index (χ1n) is 18.1. The molecule has 1 aliphatic rings. The first kappa shape index (κ1) is 36.8. The first-order chi connectivity index (χ1) is 25.7. The summed E-state index contributed by atoms with van der Waals surface area (Å²) in [5.74, 6) is -1.08. The number of H-pyrrole nitrogens is 1. The summed E-state index contributed by atoms with van der Waals surface area (Å²) in [6.07, 6.45) is 4.80. The summed E-state index contributed by atoms with van der Waals surface area (Å²) in [6.45, 7) is 6.31. The monoisotopic (exact) mass is 723 g/mol. The van der Waals surface area contributed by atoms with E-state index in [1.54, 1.807) is 25.1 Å². The van der Waals surface area contributed by atoms with E-state index >= 15 is 0 Å². The van der Waals surface area contributed by atoms with Crippen molar-refractivity contribution in [1.82, 2.24) is 45.7 Å². The van der Waals surface area contributed by atoms with Gasteiger partial charge in [-0.25, -0.2) is 9.97 Å². The number of benzene rings is 2. The van der Waals surface area contributed by atoms with Gasteiger partial charge in [0.2, 0.25) is 17.7 Å². The molecular formula is C38H45N9O6. The molecule has 6 rings (SSSR count). The predicted molar refractivity (Wildman–Crippen MR) is 197 cm³/mol. The number of aromatic amines is 1. The van der Waals surface area contributed by atoms with Gasteiger partial charge in [0.15, 0.2) is 12.1 Å². The van der Waals surface area contributed by atoms with E-state index in [0.29, 0.717) is 43.7 Å². The minimum absolute atomic E-state index is 0.0990. The summed E-state index contributed by atoms with van der Waals surface area (Å²) >= 11 is 0. The normalized spacial score (nSPS) is 18.6. The molecule has 0 radical (unpaired) electrons. The summed E-state index contributed by atoms with van der Waals surface area (Å²) < 4.78 is 7.39. The third-order valence-corrected chi connectivity index (χ3v) is 9.53. The lowest BCUT2D eigenvalue weighted by Gasteiger charge is -2.25. The molecule has 2 aromatic carbocycles. The fraction of sp³-hybridized carbons (Fsp3) is 0.395. The largest absolute Gasteiger partial charge is 0.448 e. The average Bonchev–Trinajstić information content (AvgIpc) is 3.89. The van der Waals surface area contributed by atoms with E-state index in [1.807, 2.05) is 48.9 Å². The lowest BCUT2D eigenvalue weighted by molar-refractivity contribution is -0.132. The molecule has 3 aromatic heterocycles. The van der Waals surface area contributed by atoms with E-state index < -0.39 is 29.8 Å². The zero-order chi connectivity index (χ0) is 37.5. The molecule has 5 N–H and O–H groups in total. The van der Waals surface area contributed by atoms with Crippen LogP contribution < -0.4 is 21.3 Å². The Morgan fingerprint density at radius 1 is 0.943 bits per heavy atom. The highest BCUT2D eigenvalue weighted by Gasteiger charge is 2.29. The summed E-state index contributed by atoms with van der Waals surface area (Å²) in [4.78, 5) is 81.1. The molecule has 15 heteroatoms. The van der Waals surface area contributed by atoms with Gasteiger partial charge in [0, 0.05) is 61.7 Å². The third-order valence-electron chi connectivity index (χ3n) is 9.53. The molecular weight excluding hydrogens is 678 g/mol. The van der Waals surface area contributed by atoms with Crippen molar-refractivity contribution >= 4 is 51.5 Å². The Hall–Kier alpha value is -5.99. The zero-order valence-electron chi connectivity index (χ0n) is 30.2. The maximum absolute atomic E-state index is 13.8. The van der Waals surface area contributed by atoms with Crippen LogP contribution in [0.5, 0.6) is 0 Å². The van der Waals surface area contributed by atoms with Crippen LogP contribution in [0.1, 0.15) is 71.1 Å². The zero-order valence-corrected chi connectivity index (χ0v) is 30.2. The van der Waals surface area contributed by atoms with Crippen LogP contribution in [0.2, 0.25) is 0 Å². The molecule has 0 saturated carbocycles. The molecule has 0 unspecified atom stereocenters. The van der Waals surface area contributed by atoms with E-state index in [-0.39, 0.29) is 50.0 Å². The van der Waals surface area contributed by atoms with Gasteiger partial charge in [-0.1, -0.05) is 32.0 Å². The van der Waals surface area contributed by atoms with Crippen molar-refractivity contribution in [1.29, 1.82) is 0 Å². The van der Waals surface area contributed by atoms with Gasteiger partial charge < -0.3 is 40.1 Å². The SMILES string of the molecule is CCc1ocnc1C(=O)N1CCCNC(=O)c2ccc3nc(C)n(c3c2)CCCNC(=O)[C@@H](Cc2c[nH]c3ccccc23)NC(=O)[C@H](CC)NC(=O)C1. The quantitative estimate of drug-likeness (QED) is 0.183. The van der Waals surface area contributed by atoms with Crippen LogP contribution in [0.4, 0.5) is 0 Å². The number of carbonyl (C=O) groups excluding carboxylic acids is 5. The number of nitrogens with one attached hydrogen (secondary N) is 5. The number of amides is 5. The topological polar surface area (TPSA) is 196 Å². The number of aryl methyl sites for hydroxylation is 3. The number of fused-ring (bicyclic) bond motifs is 2. The van der Waals surface area contributed by atoms with Gasteiger partial charge in [-0.3, -0.25) is 24.0 Å². The van der Waals surface area contributed by atoms with Gasteiger partial charge in [0.25, 0.3) is 11.8 Å². The number of oxazole rings is 1. The van der Waals surface area contributed by atoms with Crippen LogP contribution in [0, 0.1) is 6.92 Å². The van der Waals surface area contributed by atoms with Gasteiger partial charge in [0.05, 0.1) is 17.6 Å². The number of nitrogens with zero attached hydrogens (tertiary/aromatic N) is 4. The van der Waals surface area contributed by atoms with Gasteiger partial charge in [-0.05, 0) is 56.0 Å². The predicted octanol–water partition coefficient (Wildman–Crippen LogP) is 2.78. The van der Waals surface area contributed by atoms with Crippen molar-refractivity contribution in [3.63, 3.8) is 0 Å². The van der Waals surface area contributed by atoms with Crippen molar-refractivity contribution in [3.05, 3.63) is 83.5 Å². The third kappa shape index (κ3) is 8.40. The lowest BCUT2D eigenvalue weighted by atomic mass is 10.0. The number of rotatable bonds is 5. The molecule has 278 valence electrons. The van der Waals surface area contributed by atoms with E-state index in [1.165, 1.54) is 11.3 Å². The number of hydrogen-bond acceptors (Lipinski definition) is 8. The number of imidazole rings is 1. The Balaban J connectivity index is 1.28. The minimum atomic E-state index is -0.978. The molecule has 0 fully saturated rings. The van der Waals surface area contributed by atoms with E-state index in [2.05, 4.69) is 36.2 Å². The van der Waals surface area contributed by atoms with Crippen LogP contribution in [-0.4, -0.2) is 92.2 Å². The summed E-state index contributed by atoms with van der Waals surface area (Å²) in [7, 11) is 0. The van der Waals surface area contributed by atoms with Gasteiger partial charge in [-0.15, -0.1) is 0 Å². The first-order valence-corrected chi connectivity index (χ1v) is 18.1. The van der Waals surface area contributed by atoms with Crippen molar-refractivity contribution in [3.8, 4) is 0 Å². The molecule has 5 aromatic rings. The summed E-state index contributed by atoms with van der Waals surface area (Å²) in [6, 6.07) is 11.1. The Kier molecular flexibility index (Phi) is 11.5. The molecule has 2 bridgehead atoms. The maximum atomic E-state index is 13.8. The number of aromatic nitrogens is 4. The van der Waals surface area contributed by atoms with Crippen LogP contribution in [0.25, 0.3) is 21.9 Å².